The second kappa shape index (κ2) is 5.48. The van der Waals surface area contributed by atoms with Gasteiger partial charge >= 0.3 is 5.97 Å². The van der Waals surface area contributed by atoms with E-state index in [2.05, 4.69) is 4.74 Å². The van der Waals surface area contributed by atoms with Gasteiger partial charge in [0.05, 0.1) is 10.6 Å². The van der Waals surface area contributed by atoms with Gasteiger partial charge in [0.15, 0.2) is 0 Å². The van der Waals surface area contributed by atoms with Crippen molar-refractivity contribution in [1.82, 2.24) is 0 Å². The molecule has 0 heterocycles. The number of aryl methyl sites for hydroxylation is 1. The molecule has 0 radical (unpaired) electrons. The van der Waals surface area contributed by atoms with E-state index in [1.165, 1.54) is 6.07 Å². The molecule has 0 aromatic heterocycles. The first-order valence-corrected chi connectivity index (χ1v) is 6.67. The van der Waals surface area contributed by atoms with Crippen molar-refractivity contribution in [2.24, 2.45) is 0 Å². The molecular formula is C10H11ClO5S. The number of hydrogen-bond acceptors (Lipinski definition) is 4. The number of rotatable bonds is 4. The normalized spacial score (nSPS) is 11.2. The molecule has 0 saturated heterocycles. The van der Waals surface area contributed by atoms with Crippen molar-refractivity contribution in [3.8, 4) is 0 Å². The lowest BCUT2D eigenvalue weighted by Gasteiger charge is -2.05. The van der Waals surface area contributed by atoms with E-state index in [0.717, 1.165) is 5.56 Å². The molecule has 0 aliphatic heterocycles. The molecule has 17 heavy (non-hydrogen) atoms. The molecular weight excluding hydrogens is 268 g/mol. The molecule has 1 aromatic carbocycles. The van der Waals surface area contributed by atoms with Crippen LogP contribution in [0.15, 0.2) is 18.2 Å². The molecule has 0 aliphatic rings. The second-order valence-electron chi connectivity index (χ2n) is 3.41. The summed E-state index contributed by atoms with van der Waals surface area (Å²) in [6, 6.07) is 4.78. The highest BCUT2D eigenvalue weighted by molar-refractivity contribution is 7.85. The average Bonchev–Trinajstić information content (AvgIpc) is 2.15. The third kappa shape index (κ3) is 4.72. The van der Waals surface area contributed by atoms with Crippen molar-refractivity contribution in [3.63, 3.8) is 0 Å². The van der Waals surface area contributed by atoms with Crippen molar-refractivity contribution in [1.29, 1.82) is 0 Å². The predicted octanol–water partition coefficient (Wildman–Crippen LogP) is 1.69. The van der Waals surface area contributed by atoms with Crippen molar-refractivity contribution < 1.29 is 22.5 Å². The van der Waals surface area contributed by atoms with Crippen LogP contribution >= 0.6 is 11.6 Å². The quantitative estimate of drug-likeness (QED) is 0.670. The van der Waals surface area contributed by atoms with Crippen LogP contribution in [0.3, 0.4) is 0 Å². The smallest absolute Gasteiger partial charge is 0.339 e. The SMILES string of the molecule is Cc1ccc(C(=O)OCCS(=O)(=O)O)c(Cl)c1. The fourth-order valence-electron chi connectivity index (χ4n) is 1.10. The second-order valence-corrected chi connectivity index (χ2v) is 5.38. The maximum atomic E-state index is 11.5. The van der Waals surface area contributed by atoms with Gasteiger partial charge in [0.25, 0.3) is 10.1 Å². The van der Waals surface area contributed by atoms with Gasteiger partial charge in [-0.3, -0.25) is 4.55 Å². The summed E-state index contributed by atoms with van der Waals surface area (Å²) < 4.78 is 33.9. The minimum absolute atomic E-state index is 0.160. The van der Waals surface area contributed by atoms with Crippen LogP contribution in [0.25, 0.3) is 0 Å². The maximum Gasteiger partial charge on any atom is 0.339 e. The van der Waals surface area contributed by atoms with E-state index in [9.17, 15) is 13.2 Å². The summed E-state index contributed by atoms with van der Waals surface area (Å²) >= 11 is 5.82. The van der Waals surface area contributed by atoms with E-state index in [4.69, 9.17) is 16.2 Å². The van der Waals surface area contributed by atoms with E-state index in [1.807, 2.05) is 6.92 Å². The van der Waals surface area contributed by atoms with Gasteiger partial charge in [-0.2, -0.15) is 8.42 Å². The van der Waals surface area contributed by atoms with E-state index in [-0.39, 0.29) is 10.6 Å². The van der Waals surface area contributed by atoms with E-state index in [1.54, 1.807) is 12.1 Å². The molecule has 0 unspecified atom stereocenters. The standard InChI is InChI=1S/C10H11ClO5S/c1-7-2-3-8(9(11)6-7)10(12)16-4-5-17(13,14)15/h2-3,6H,4-5H2,1H3,(H,13,14,15). The molecule has 0 bridgehead atoms. The highest BCUT2D eigenvalue weighted by atomic mass is 35.5. The zero-order valence-corrected chi connectivity index (χ0v) is 10.6. The monoisotopic (exact) mass is 278 g/mol. The third-order valence-corrected chi connectivity index (χ3v) is 2.91. The Bertz CT molecular complexity index is 523. The minimum atomic E-state index is -4.13. The molecule has 7 heteroatoms. The number of hydrogen-bond donors (Lipinski definition) is 1. The molecule has 1 rings (SSSR count). The maximum absolute atomic E-state index is 11.5. The van der Waals surface area contributed by atoms with E-state index in [0.29, 0.717) is 0 Å². The molecule has 1 N–H and O–H groups in total. The fourth-order valence-corrected chi connectivity index (χ4v) is 1.71. The Morgan fingerprint density at radius 1 is 1.47 bits per heavy atom. The number of benzene rings is 1. The molecule has 0 spiro atoms. The van der Waals surface area contributed by atoms with Crippen LogP contribution in [0.5, 0.6) is 0 Å². The molecule has 5 nitrogen and oxygen atoms in total. The average molecular weight is 279 g/mol. The van der Waals surface area contributed by atoms with Crippen LogP contribution in [0.2, 0.25) is 5.02 Å². The van der Waals surface area contributed by atoms with Crippen LogP contribution in [0.1, 0.15) is 15.9 Å². The Morgan fingerprint density at radius 2 is 2.12 bits per heavy atom. The topological polar surface area (TPSA) is 80.7 Å². The van der Waals surface area contributed by atoms with Crippen molar-refractivity contribution >= 4 is 27.7 Å². The Balaban J connectivity index is 2.65. The van der Waals surface area contributed by atoms with Crippen molar-refractivity contribution in [3.05, 3.63) is 34.3 Å². The van der Waals surface area contributed by atoms with Crippen LogP contribution < -0.4 is 0 Å². The fraction of sp³-hybridized carbons (Fsp3) is 0.300. The Kier molecular flexibility index (Phi) is 4.50. The van der Waals surface area contributed by atoms with Gasteiger partial charge in [-0.05, 0) is 24.6 Å². The summed E-state index contributed by atoms with van der Waals surface area (Å²) in [6.45, 7) is 1.40. The van der Waals surface area contributed by atoms with Crippen molar-refractivity contribution in [2.75, 3.05) is 12.4 Å². The number of carbonyl (C=O) groups excluding carboxylic acids is 1. The van der Waals surface area contributed by atoms with Crippen LogP contribution in [-0.4, -0.2) is 31.3 Å². The van der Waals surface area contributed by atoms with Gasteiger partial charge in [0.2, 0.25) is 0 Å². The Labute approximate surface area is 104 Å². The van der Waals surface area contributed by atoms with Crippen molar-refractivity contribution in [2.45, 2.75) is 6.92 Å². The van der Waals surface area contributed by atoms with Gasteiger partial charge in [-0.15, -0.1) is 0 Å². The van der Waals surface area contributed by atoms with Gasteiger partial charge in [-0.25, -0.2) is 4.79 Å². The minimum Gasteiger partial charge on any atom is -0.461 e. The first kappa shape index (κ1) is 14.0. The number of carbonyl (C=O) groups is 1. The van der Waals surface area contributed by atoms with Crippen LogP contribution in [-0.2, 0) is 14.9 Å². The van der Waals surface area contributed by atoms with E-state index >= 15 is 0 Å². The molecule has 0 amide bonds. The summed E-state index contributed by atoms with van der Waals surface area (Å²) in [5.74, 6) is -1.36. The Morgan fingerprint density at radius 3 is 2.65 bits per heavy atom. The lowest BCUT2D eigenvalue weighted by atomic mass is 10.1. The first-order valence-electron chi connectivity index (χ1n) is 4.68. The number of ether oxygens (including phenoxy) is 1. The number of esters is 1. The van der Waals surface area contributed by atoms with E-state index < -0.39 is 28.4 Å². The zero-order chi connectivity index (χ0) is 13.1. The third-order valence-electron chi connectivity index (χ3n) is 1.92. The summed E-state index contributed by atoms with van der Waals surface area (Å²) in [5, 5.41) is 0.238. The predicted molar refractivity (Wildman–Crippen MR) is 62.9 cm³/mol. The van der Waals surface area contributed by atoms with Gasteiger partial charge in [0.1, 0.15) is 12.4 Å². The lowest BCUT2D eigenvalue weighted by molar-refractivity contribution is 0.0528. The highest BCUT2D eigenvalue weighted by Gasteiger charge is 2.13. The Hall–Kier alpha value is -1.11. The summed E-state index contributed by atoms with van der Waals surface area (Å²) in [6.07, 6.45) is 0. The summed E-state index contributed by atoms with van der Waals surface area (Å²) in [4.78, 5) is 11.5. The largest absolute Gasteiger partial charge is 0.461 e. The van der Waals surface area contributed by atoms with Gasteiger partial charge in [-0.1, -0.05) is 17.7 Å². The molecule has 1 aromatic rings. The van der Waals surface area contributed by atoms with Gasteiger partial charge < -0.3 is 4.74 Å². The molecule has 0 aliphatic carbocycles. The van der Waals surface area contributed by atoms with Crippen LogP contribution in [0, 0.1) is 6.92 Å². The molecule has 94 valence electrons. The summed E-state index contributed by atoms with van der Waals surface area (Å²) in [5.41, 5.74) is 1.05. The van der Waals surface area contributed by atoms with Crippen LogP contribution in [0.4, 0.5) is 0 Å². The zero-order valence-electron chi connectivity index (χ0n) is 9.01. The van der Waals surface area contributed by atoms with Gasteiger partial charge in [0, 0.05) is 0 Å². The molecule has 0 fully saturated rings. The molecule has 0 saturated carbocycles. The number of halogens is 1. The highest BCUT2D eigenvalue weighted by Crippen LogP contribution is 2.18. The molecule has 0 atom stereocenters. The summed E-state index contributed by atoms with van der Waals surface area (Å²) in [7, 11) is -4.13. The first-order chi connectivity index (χ1) is 7.79. The lowest BCUT2D eigenvalue weighted by Crippen LogP contribution is -2.15.